The molecule has 0 aliphatic heterocycles. The first-order valence-electron chi connectivity index (χ1n) is 9.86. The lowest BCUT2D eigenvalue weighted by atomic mass is 10.1. The third-order valence-corrected chi connectivity index (χ3v) is 4.76. The van der Waals surface area contributed by atoms with E-state index in [0.29, 0.717) is 34.9 Å². The van der Waals surface area contributed by atoms with Crippen molar-refractivity contribution in [2.24, 2.45) is 0 Å². The molecule has 0 fully saturated rings. The number of nitrogens with one attached hydrogen (secondary N) is 2. The summed E-state index contributed by atoms with van der Waals surface area (Å²) in [5.41, 5.74) is 4.88. The van der Waals surface area contributed by atoms with Crippen LogP contribution in [0.15, 0.2) is 85.2 Å². The number of carbonyl (C=O) groups is 1. The predicted molar refractivity (Wildman–Crippen MR) is 119 cm³/mol. The average molecular weight is 412 g/mol. The van der Waals surface area contributed by atoms with E-state index in [0.717, 1.165) is 5.56 Å². The Balaban J connectivity index is 1.41. The fourth-order valence-electron chi connectivity index (χ4n) is 3.07. The summed E-state index contributed by atoms with van der Waals surface area (Å²) in [5.74, 6) is -0.0823. The zero-order valence-corrected chi connectivity index (χ0v) is 17.0. The summed E-state index contributed by atoms with van der Waals surface area (Å²) in [4.78, 5) is 21.1. The minimum Gasteiger partial charge on any atom is -0.348 e. The van der Waals surface area contributed by atoms with Crippen LogP contribution in [0.25, 0.3) is 11.1 Å². The molecule has 0 spiro atoms. The Morgan fingerprint density at radius 1 is 0.903 bits per heavy atom. The molecule has 0 aliphatic rings. The van der Waals surface area contributed by atoms with Gasteiger partial charge in [0.15, 0.2) is 0 Å². The summed E-state index contributed by atoms with van der Waals surface area (Å²) in [6.07, 6.45) is 3.25. The zero-order valence-electron chi connectivity index (χ0n) is 17.0. The van der Waals surface area contributed by atoms with Crippen molar-refractivity contribution < 1.29 is 9.18 Å². The van der Waals surface area contributed by atoms with Crippen LogP contribution in [0.5, 0.6) is 0 Å². The maximum atomic E-state index is 13.4. The standard InChI is InChI=1S/C25H21FN4O/c1-17-8-10-18(11-9-17)14-27-24(31)20-5-3-7-23(13-20)30-25-28-15-21(16-29-25)19-4-2-6-22(26)12-19/h2-13,15-16H,14H2,1H3,(H,27,31)(H,28,29,30). The molecule has 5 nitrogen and oxygen atoms in total. The van der Waals surface area contributed by atoms with Gasteiger partial charge in [0.25, 0.3) is 5.91 Å². The zero-order chi connectivity index (χ0) is 21.6. The van der Waals surface area contributed by atoms with Crippen molar-refractivity contribution in [3.05, 3.63) is 108 Å². The lowest BCUT2D eigenvalue weighted by molar-refractivity contribution is 0.0951. The number of hydrogen-bond donors (Lipinski definition) is 2. The molecule has 1 heterocycles. The predicted octanol–water partition coefficient (Wildman–Crippen LogP) is 5.26. The van der Waals surface area contributed by atoms with Gasteiger partial charge in [-0.3, -0.25) is 4.79 Å². The summed E-state index contributed by atoms with van der Waals surface area (Å²) in [7, 11) is 0. The lowest BCUT2D eigenvalue weighted by Crippen LogP contribution is -2.22. The molecule has 3 aromatic carbocycles. The van der Waals surface area contributed by atoms with Crippen LogP contribution in [-0.4, -0.2) is 15.9 Å². The first-order valence-corrected chi connectivity index (χ1v) is 9.86. The third kappa shape index (κ3) is 5.30. The topological polar surface area (TPSA) is 66.9 Å². The molecule has 0 unspecified atom stereocenters. The van der Waals surface area contributed by atoms with Crippen LogP contribution in [-0.2, 0) is 6.54 Å². The number of rotatable bonds is 6. The summed E-state index contributed by atoms with van der Waals surface area (Å²) in [6, 6.07) is 21.4. The van der Waals surface area contributed by atoms with Crippen LogP contribution in [0.4, 0.5) is 16.0 Å². The van der Waals surface area contributed by atoms with Gasteiger partial charge >= 0.3 is 0 Å². The van der Waals surface area contributed by atoms with Crippen LogP contribution in [0, 0.1) is 12.7 Å². The fourth-order valence-corrected chi connectivity index (χ4v) is 3.07. The van der Waals surface area contributed by atoms with Crippen LogP contribution >= 0.6 is 0 Å². The highest BCUT2D eigenvalue weighted by Gasteiger charge is 2.08. The highest BCUT2D eigenvalue weighted by atomic mass is 19.1. The molecule has 1 aromatic heterocycles. The second-order valence-electron chi connectivity index (χ2n) is 7.18. The van der Waals surface area contributed by atoms with E-state index in [2.05, 4.69) is 20.6 Å². The molecular weight excluding hydrogens is 391 g/mol. The monoisotopic (exact) mass is 412 g/mol. The highest BCUT2D eigenvalue weighted by molar-refractivity contribution is 5.95. The van der Waals surface area contributed by atoms with Gasteiger partial charge < -0.3 is 10.6 Å². The van der Waals surface area contributed by atoms with Crippen LogP contribution in [0.1, 0.15) is 21.5 Å². The number of carbonyl (C=O) groups excluding carboxylic acids is 1. The van der Waals surface area contributed by atoms with Crippen molar-refractivity contribution in [3.63, 3.8) is 0 Å². The number of nitrogens with zero attached hydrogens (tertiary/aromatic N) is 2. The lowest BCUT2D eigenvalue weighted by Gasteiger charge is -2.09. The molecule has 0 saturated heterocycles. The molecule has 6 heteroatoms. The largest absolute Gasteiger partial charge is 0.348 e. The molecule has 4 aromatic rings. The van der Waals surface area contributed by atoms with E-state index in [-0.39, 0.29) is 11.7 Å². The van der Waals surface area contributed by atoms with Crippen molar-refractivity contribution in [3.8, 4) is 11.1 Å². The molecule has 0 bridgehead atoms. The smallest absolute Gasteiger partial charge is 0.251 e. The van der Waals surface area contributed by atoms with E-state index >= 15 is 0 Å². The summed E-state index contributed by atoms with van der Waals surface area (Å²) in [6.45, 7) is 2.49. The molecule has 2 N–H and O–H groups in total. The van der Waals surface area contributed by atoms with Gasteiger partial charge in [0.05, 0.1) is 0 Å². The molecule has 0 saturated carbocycles. The maximum absolute atomic E-state index is 13.4. The minimum atomic E-state index is -0.308. The molecule has 1 amide bonds. The first-order chi connectivity index (χ1) is 15.1. The number of halogens is 1. The van der Waals surface area contributed by atoms with Gasteiger partial charge in [-0.15, -0.1) is 0 Å². The number of anilines is 2. The van der Waals surface area contributed by atoms with Crippen molar-refractivity contribution in [2.75, 3.05) is 5.32 Å². The third-order valence-electron chi connectivity index (χ3n) is 4.76. The van der Waals surface area contributed by atoms with E-state index in [1.54, 1.807) is 42.7 Å². The molecular formula is C25H21FN4O. The average Bonchev–Trinajstić information content (AvgIpc) is 2.79. The van der Waals surface area contributed by atoms with Gasteiger partial charge in [-0.25, -0.2) is 14.4 Å². The Kier molecular flexibility index (Phi) is 5.98. The maximum Gasteiger partial charge on any atom is 0.251 e. The second-order valence-corrected chi connectivity index (χ2v) is 7.18. The van der Waals surface area contributed by atoms with Crippen LogP contribution in [0.3, 0.4) is 0 Å². The second kappa shape index (κ2) is 9.17. The normalized spacial score (nSPS) is 10.5. The Bertz CT molecular complexity index is 1190. The van der Waals surface area contributed by atoms with Crippen LogP contribution < -0.4 is 10.6 Å². The first kappa shape index (κ1) is 20.2. The van der Waals surface area contributed by atoms with Gasteiger partial charge in [0, 0.05) is 35.8 Å². The Morgan fingerprint density at radius 2 is 1.65 bits per heavy atom. The van der Waals surface area contributed by atoms with E-state index in [1.165, 1.54) is 17.7 Å². The highest BCUT2D eigenvalue weighted by Crippen LogP contribution is 2.20. The van der Waals surface area contributed by atoms with Crippen LogP contribution in [0.2, 0.25) is 0 Å². The molecule has 4 rings (SSSR count). The molecule has 0 atom stereocenters. The Morgan fingerprint density at radius 3 is 2.39 bits per heavy atom. The number of aryl methyl sites for hydroxylation is 1. The van der Waals surface area contributed by atoms with Crippen molar-refractivity contribution in [1.29, 1.82) is 0 Å². The van der Waals surface area contributed by atoms with E-state index < -0.39 is 0 Å². The van der Waals surface area contributed by atoms with Gasteiger partial charge in [-0.2, -0.15) is 0 Å². The Hall–Kier alpha value is -4.06. The van der Waals surface area contributed by atoms with E-state index in [1.807, 2.05) is 37.3 Å². The van der Waals surface area contributed by atoms with Gasteiger partial charge in [0.2, 0.25) is 5.95 Å². The minimum absolute atomic E-state index is 0.161. The number of aromatic nitrogens is 2. The number of amides is 1. The van der Waals surface area contributed by atoms with Crippen molar-refractivity contribution >= 4 is 17.5 Å². The Labute approximate surface area is 180 Å². The fraction of sp³-hybridized carbons (Fsp3) is 0.0800. The SMILES string of the molecule is Cc1ccc(CNC(=O)c2cccc(Nc3ncc(-c4cccc(F)c4)cn3)c2)cc1. The quantitative estimate of drug-likeness (QED) is 0.453. The van der Waals surface area contributed by atoms with E-state index in [9.17, 15) is 9.18 Å². The van der Waals surface area contributed by atoms with Crippen molar-refractivity contribution in [1.82, 2.24) is 15.3 Å². The van der Waals surface area contributed by atoms with Gasteiger partial charge in [0.1, 0.15) is 5.82 Å². The summed E-state index contributed by atoms with van der Waals surface area (Å²) < 4.78 is 13.4. The van der Waals surface area contributed by atoms with Gasteiger partial charge in [-0.05, 0) is 48.4 Å². The van der Waals surface area contributed by atoms with Crippen molar-refractivity contribution in [2.45, 2.75) is 13.5 Å². The van der Waals surface area contributed by atoms with E-state index in [4.69, 9.17) is 0 Å². The van der Waals surface area contributed by atoms with Gasteiger partial charge in [-0.1, -0.05) is 48.0 Å². The molecule has 0 aliphatic carbocycles. The molecule has 31 heavy (non-hydrogen) atoms. The summed E-state index contributed by atoms with van der Waals surface area (Å²) in [5, 5.41) is 6.02. The summed E-state index contributed by atoms with van der Waals surface area (Å²) >= 11 is 0. The number of hydrogen-bond acceptors (Lipinski definition) is 4. The molecule has 154 valence electrons. The molecule has 0 radical (unpaired) electrons. The number of benzene rings is 3.